The summed E-state index contributed by atoms with van der Waals surface area (Å²) in [5, 5.41) is 6.67. The first-order chi connectivity index (χ1) is 3.31. The van der Waals surface area contributed by atoms with Crippen LogP contribution < -0.4 is 0 Å². The first-order valence-corrected chi connectivity index (χ1v) is 1.85. The summed E-state index contributed by atoms with van der Waals surface area (Å²) in [4.78, 5) is 0. The minimum absolute atomic E-state index is 0.523. The van der Waals surface area contributed by atoms with E-state index in [1.54, 1.807) is 6.92 Å². The first-order valence-electron chi connectivity index (χ1n) is 1.85. The molecule has 3 heteroatoms. The molecule has 0 aromatic heterocycles. The standard InChI is InChI=1S/C4H8N2O/c1-4(7-3)6-5-2/h2H2,1,3H3. The summed E-state index contributed by atoms with van der Waals surface area (Å²) in [5.74, 6) is 0.523. The lowest BCUT2D eigenvalue weighted by Gasteiger charge is -1.89. The topological polar surface area (TPSA) is 34.0 Å². The molecule has 0 unspecified atom stereocenters. The highest BCUT2D eigenvalue weighted by molar-refractivity contribution is 5.72. The summed E-state index contributed by atoms with van der Waals surface area (Å²) >= 11 is 0. The van der Waals surface area contributed by atoms with E-state index in [0.717, 1.165) is 0 Å². The Morgan fingerprint density at radius 2 is 2.29 bits per heavy atom. The summed E-state index contributed by atoms with van der Waals surface area (Å²) in [6.45, 7) is 4.83. The van der Waals surface area contributed by atoms with Crippen molar-refractivity contribution < 1.29 is 4.74 Å². The third kappa shape index (κ3) is 2.96. The molecular formula is C4H8N2O. The van der Waals surface area contributed by atoms with Crippen LogP contribution in [0.3, 0.4) is 0 Å². The van der Waals surface area contributed by atoms with Crippen LogP contribution in [0.15, 0.2) is 10.2 Å². The molecule has 0 saturated heterocycles. The third-order valence-electron chi connectivity index (χ3n) is 0.507. The molecule has 0 saturated carbocycles. The van der Waals surface area contributed by atoms with Gasteiger partial charge in [-0.3, -0.25) is 0 Å². The Labute approximate surface area is 42.7 Å². The van der Waals surface area contributed by atoms with Crippen LogP contribution >= 0.6 is 0 Å². The third-order valence-corrected chi connectivity index (χ3v) is 0.507. The Morgan fingerprint density at radius 1 is 1.71 bits per heavy atom. The molecule has 0 atom stereocenters. The van der Waals surface area contributed by atoms with Gasteiger partial charge in [0.15, 0.2) is 0 Å². The SMILES string of the molecule is C=NN=C(C)OC. The van der Waals surface area contributed by atoms with Gasteiger partial charge in [-0.2, -0.15) is 5.10 Å². The maximum Gasteiger partial charge on any atom is 0.205 e. The van der Waals surface area contributed by atoms with Crippen molar-refractivity contribution in [1.82, 2.24) is 0 Å². The number of rotatable bonds is 1. The molecule has 3 nitrogen and oxygen atoms in total. The smallest absolute Gasteiger partial charge is 0.205 e. The molecular weight excluding hydrogens is 92.1 g/mol. The highest BCUT2D eigenvalue weighted by atomic mass is 16.5. The van der Waals surface area contributed by atoms with Gasteiger partial charge in [-0.15, -0.1) is 5.10 Å². The molecule has 0 radical (unpaired) electrons. The van der Waals surface area contributed by atoms with Crippen LogP contribution in [0.1, 0.15) is 6.92 Å². The van der Waals surface area contributed by atoms with Gasteiger partial charge in [0.2, 0.25) is 5.90 Å². The molecule has 0 aliphatic rings. The molecule has 0 aliphatic heterocycles. The van der Waals surface area contributed by atoms with Crippen LogP contribution in [0.2, 0.25) is 0 Å². The Hall–Kier alpha value is -0.860. The predicted octanol–water partition coefficient (Wildman–Crippen LogP) is 0.667. The number of hydrogen-bond donors (Lipinski definition) is 0. The summed E-state index contributed by atoms with van der Waals surface area (Å²) < 4.78 is 4.61. The maximum absolute atomic E-state index is 4.61. The highest BCUT2D eigenvalue weighted by Gasteiger charge is 1.77. The summed E-state index contributed by atoms with van der Waals surface area (Å²) in [6, 6.07) is 0. The lowest BCUT2D eigenvalue weighted by Crippen LogP contribution is -1.90. The molecule has 0 heterocycles. The fraction of sp³-hybridized carbons (Fsp3) is 0.500. The van der Waals surface area contributed by atoms with E-state index in [1.165, 1.54) is 7.11 Å². The normalized spacial score (nSPS) is 10.9. The largest absolute Gasteiger partial charge is 0.483 e. The Kier molecular flexibility index (Phi) is 2.92. The van der Waals surface area contributed by atoms with Gasteiger partial charge in [0.05, 0.1) is 7.11 Å². The first kappa shape index (κ1) is 6.14. The number of ether oxygens (including phenoxy) is 1. The van der Waals surface area contributed by atoms with Crippen molar-refractivity contribution in [2.45, 2.75) is 6.92 Å². The summed E-state index contributed by atoms with van der Waals surface area (Å²) in [6.07, 6.45) is 0. The van der Waals surface area contributed by atoms with Crippen LogP contribution in [0.25, 0.3) is 0 Å². The molecule has 0 amide bonds. The van der Waals surface area contributed by atoms with Gasteiger partial charge in [0.1, 0.15) is 0 Å². The molecule has 0 bridgehead atoms. The number of nitrogens with zero attached hydrogens (tertiary/aromatic N) is 2. The monoisotopic (exact) mass is 100 g/mol. The van der Waals surface area contributed by atoms with E-state index in [1.807, 2.05) is 0 Å². The second-order valence-electron chi connectivity index (χ2n) is 0.965. The van der Waals surface area contributed by atoms with Crippen molar-refractivity contribution >= 4 is 12.6 Å². The molecule has 0 N–H and O–H groups in total. The van der Waals surface area contributed by atoms with Crippen LogP contribution in [0.4, 0.5) is 0 Å². The van der Waals surface area contributed by atoms with Crippen molar-refractivity contribution in [2.75, 3.05) is 7.11 Å². The molecule has 0 rings (SSSR count). The van der Waals surface area contributed by atoms with Gasteiger partial charge in [-0.1, -0.05) is 0 Å². The fourth-order valence-electron chi connectivity index (χ4n) is 0.140. The van der Waals surface area contributed by atoms with Gasteiger partial charge in [0.25, 0.3) is 0 Å². The fourth-order valence-corrected chi connectivity index (χ4v) is 0.140. The average molecular weight is 100 g/mol. The van der Waals surface area contributed by atoms with E-state index in [4.69, 9.17) is 0 Å². The zero-order chi connectivity index (χ0) is 5.70. The van der Waals surface area contributed by atoms with E-state index >= 15 is 0 Å². The van der Waals surface area contributed by atoms with E-state index in [2.05, 4.69) is 21.7 Å². The summed E-state index contributed by atoms with van der Waals surface area (Å²) in [5.41, 5.74) is 0. The number of hydrogen-bond acceptors (Lipinski definition) is 3. The van der Waals surface area contributed by atoms with Crippen LogP contribution in [0, 0.1) is 0 Å². The lowest BCUT2D eigenvalue weighted by molar-refractivity contribution is 0.398. The molecule has 7 heavy (non-hydrogen) atoms. The minimum atomic E-state index is 0.523. The van der Waals surface area contributed by atoms with E-state index in [9.17, 15) is 0 Å². The average Bonchev–Trinajstić information content (AvgIpc) is 1.68. The van der Waals surface area contributed by atoms with Gasteiger partial charge >= 0.3 is 0 Å². The summed E-state index contributed by atoms with van der Waals surface area (Å²) in [7, 11) is 1.53. The Morgan fingerprint density at radius 3 is 2.43 bits per heavy atom. The maximum atomic E-state index is 4.61. The quantitative estimate of drug-likeness (QED) is 0.271. The van der Waals surface area contributed by atoms with E-state index < -0.39 is 0 Å². The van der Waals surface area contributed by atoms with Gasteiger partial charge in [-0.05, 0) is 0 Å². The van der Waals surface area contributed by atoms with Gasteiger partial charge in [-0.25, -0.2) is 0 Å². The van der Waals surface area contributed by atoms with Crippen molar-refractivity contribution in [3.63, 3.8) is 0 Å². The second kappa shape index (κ2) is 3.33. The molecule has 0 aromatic carbocycles. The Bertz CT molecular complexity index is 87.7. The molecule has 0 fully saturated rings. The molecule has 0 aromatic rings. The van der Waals surface area contributed by atoms with Crippen LogP contribution in [-0.2, 0) is 4.74 Å². The van der Waals surface area contributed by atoms with E-state index in [-0.39, 0.29) is 0 Å². The van der Waals surface area contributed by atoms with Crippen LogP contribution in [0.5, 0.6) is 0 Å². The number of methoxy groups -OCH3 is 1. The van der Waals surface area contributed by atoms with E-state index in [0.29, 0.717) is 5.90 Å². The second-order valence-corrected chi connectivity index (χ2v) is 0.965. The van der Waals surface area contributed by atoms with Gasteiger partial charge in [0, 0.05) is 13.6 Å². The van der Waals surface area contributed by atoms with Crippen molar-refractivity contribution in [3.05, 3.63) is 0 Å². The molecule has 0 spiro atoms. The zero-order valence-corrected chi connectivity index (χ0v) is 4.51. The van der Waals surface area contributed by atoms with Crippen molar-refractivity contribution in [2.24, 2.45) is 10.2 Å². The van der Waals surface area contributed by atoms with Crippen molar-refractivity contribution in [1.29, 1.82) is 0 Å². The Balaban J connectivity index is 3.49. The predicted molar refractivity (Wildman–Crippen MR) is 29.7 cm³/mol. The molecule has 0 aliphatic carbocycles. The van der Waals surface area contributed by atoms with Crippen LogP contribution in [-0.4, -0.2) is 19.7 Å². The zero-order valence-electron chi connectivity index (χ0n) is 4.51. The highest BCUT2D eigenvalue weighted by Crippen LogP contribution is 1.75. The van der Waals surface area contributed by atoms with Crippen molar-refractivity contribution in [3.8, 4) is 0 Å². The molecule has 40 valence electrons. The van der Waals surface area contributed by atoms with Gasteiger partial charge < -0.3 is 4.74 Å². The lowest BCUT2D eigenvalue weighted by atomic mass is 10.8. The minimum Gasteiger partial charge on any atom is -0.483 e.